The molecule has 0 spiro atoms. The summed E-state index contributed by atoms with van der Waals surface area (Å²) < 4.78 is 25.4. The van der Waals surface area contributed by atoms with E-state index in [9.17, 15) is 8.42 Å². The van der Waals surface area contributed by atoms with Gasteiger partial charge in [-0.2, -0.15) is 0 Å². The van der Waals surface area contributed by atoms with Gasteiger partial charge in [-0.15, -0.1) is 11.3 Å². The van der Waals surface area contributed by atoms with Crippen LogP contribution in [0.1, 0.15) is 19.4 Å². The van der Waals surface area contributed by atoms with Gasteiger partial charge in [0.05, 0.1) is 17.6 Å². The fourth-order valence-corrected chi connectivity index (χ4v) is 4.96. The van der Waals surface area contributed by atoms with Crippen molar-refractivity contribution in [3.8, 4) is 11.3 Å². The van der Waals surface area contributed by atoms with Crippen molar-refractivity contribution in [2.24, 2.45) is 0 Å². The molecule has 5 nitrogen and oxygen atoms in total. The Labute approximate surface area is 135 Å². The normalized spacial score (nSPS) is 17.6. The van der Waals surface area contributed by atoms with Gasteiger partial charge in [0, 0.05) is 23.5 Å². The van der Waals surface area contributed by atoms with Crippen LogP contribution in [0.4, 0.5) is 10.8 Å². The van der Waals surface area contributed by atoms with E-state index in [0.29, 0.717) is 0 Å². The number of nitrogens with zero attached hydrogens (tertiary/aromatic N) is 2. The van der Waals surface area contributed by atoms with E-state index in [-0.39, 0.29) is 6.04 Å². The molecule has 1 aliphatic heterocycles. The van der Waals surface area contributed by atoms with Gasteiger partial charge in [-0.1, -0.05) is 6.07 Å². The standard InChI is InChI=1S/C15H19N3O2S2/c1-4-16-15-17-13(9-21-15)11-5-6-14-12(8-11)7-10(2)18(14)22(3,19)20/h5-6,8-10H,4,7H2,1-3H3,(H,16,17)/t10-/m1/s1. The summed E-state index contributed by atoms with van der Waals surface area (Å²) in [6.07, 6.45) is 2.00. The zero-order chi connectivity index (χ0) is 15.9. The lowest BCUT2D eigenvalue weighted by Crippen LogP contribution is -2.34. The van der Waals surface area contributed by atoms with E-state index in [0.717, 1.165) is 40.6 Å². The fraction of sp³-hybridized carbons (Fsp3) is 0.400. The number of sulfonamides is 1. The summed E-state index contributed by atoms with van der Waals surface area (Å²) in [6.45, 7) is 4.82. The van der Waals surface area contributed by atoms with Crippen LogP contribution in [-0.4, -0.2) is 32.2 Å². The Hall–Kier alpha value is -1.60. The zero-order valence-corrected chi connectivity index (χ0v) is 14.5. The van der Waals surface area contributed by atoms with Crippen LogP contribution in [0.15, 0.2) is 23.6 Å². The number of benzene rings is 1. The second kappa shape index (κ2) is 5.55. The van der Waals surface area contributed by atoms with Crippen molar-refractivity contribution in [3.05, 3.63) is 29.1 Å². The summed E-state index contributed by atoms with van der Waals surface area (Å²) >= 11 is 1.58. The molecule has 0 saturated carbocycles. The number of hydrogen-bond acceptors (Lipinski definition) is 5. The Morgan fingerprint density at radius 1 is 1.45 bits per heavy atom. The zero-order valence-electron chi connectivity index (χ0n) is 12.8. The van der Waals surface area contributed by atoms with E-state index in [1.807, 2.05) is 31.4 Å². The second-order valence-electron chi connectivity index (χ2n) is 5.52. The lowest BCUT2D eigenvalue weighted by atomic mass is 10.1. The smallest absolute Gasteiger partial charge is 0.232 e. The molecule has 0 saturated heterocycles. The number of anilines is 2. The molecule has 1 aromatic heterocycles. The first-order chi connectivity index (χ1) is 10.4. The number of rotatable bonds is 4. The van der Waals surface area contributed by atoms with Gasteiger partial charge in [-0.05, 0) is 38.0 Å². The minimum atomic E-state index is -3.24. The fourth-order valence-electron chi connectivity index (χ4n) is 2.91. The highest BCUT2D eigenvalue weighted by atomic mass is 32.2. The molecule has 22 heavy (non-hydrogen) atoms. The molecule has 1 atom stereocenters. The third-order valence-electron chi connectivity index (χ3n) is 3.72. The van der Waals surface area contributed by atoms with Gasteiger partial charge in [-0.25, -0.2) is 13.4 Å². The van der Waals surface area contributed by atoms with Crippen molar-refractivity contribution in [1.29, 1.82) is 0 Å². The Kier molecular flexibility index (Phi) is 3.86. The molecule has 3 rings (SSSR count). The largest absolute Gasteiger partial charge is 0.362 e. The van der Waals surface area contributed by atoms with Crippen LogP contribution in [0.2, 0.25) is 0 Å². The SMILES string of the molecule is CCNc1nc(-c2ccc3c(c2)C[C@@H](C)N3S(C)(=O)=O)cs1. The predicted octanol–water partition coefficient (Wildman–Crippen LogP) is 2.95. The van der Waals surface area contributed by atoms with E-state index in [1.54, 1.807) is 11.3 Å². The topological polar surface area (TPSA) is 62.3 Å². The lowest BCUT2D eigenvalue weighted by molar-refractivity contribution is 0.590. The molecule has 0 bridgehead atoms. The predicted molar refractivity (Wildman–Crippen MR) is 92.2 cm³/mol. The van der Waals surface area contributed by atoms with E-state index in [4.69, 9.17) is 0 Å². The van der Waals surface area contributed by atoms with Crippen molar-refractivity contribution in [3.63, 3.8) is 0 Å². The molecule has 0 unspecified atom stereocenters. The van der Waals surface area contributed by atoms with Crippen LogP contribution >= 0.6 is 11.3 Å². The monoisotopic (exact) mass is 337 g/mol. The molecule has 1 N–H and O–H groups in total. The summed E-state index contributed by atoms with van der Waals surface area (Å²) in [6, 6.07) is 5.86. The summed E-state index contributed by atoms with van der Waals surface area (Å²) in [5.74, 6) is 0. The van der Waals surface area contributed by atoms with Crippen molar-refractivity contribution in [1.82, 2.24) is 4.98 Å². The maximum absolute atomic E-state index is 11.9. The van der Waals surface area contributed by atoms with Crippen LogP contribution in [0.3, 0.4) is 0 Å². The average Bonchev–Trinajstić information content (AvgIpc) is 3.00. The quantitative estimate of drug-likeness (QED) is 0.932. The van der Waals surface area contributed by atoms with Gasteiger partial charge < -0.3 is 5.32 Å². The first-order valence-corrected chi connectivity index (χ1v) is 9.95. The lowest BCUT2D eigenvalue weighted by Gasteiger charge is -2.21. The Morgan fingerprint density at radius 2 is 2.23 bits per heavy atom. The molecule has 2 heterocycles. The summed E-state index contributed by atoms with van der Waals surface area (Å²) in [5, 5.41) is 6.13. The van der Waals surface area contributed by atoms with Crippen LogP contribution in [0.5, 0.6) is 0 Å². The van der Waals surface area contributed by atoms with Gasteiger partial charge in [0.1, 0.15) is 0 Å². The number of aromatic nitrogens is 1. The molecule has 118 valence electrons. The summed E-state index contributed by atoms with van der Waals surface area (Å²) in [7, 11) is -3.24. The van der Waals surface area contributed by atoms with Crippen molar-refractivity contribution >= 4 is 32.2 Å². The molecule has 2 aromatic rings. The van der Waals surface area contributed by atoms with E-state index < -0.39 is 10.0 Å². The van der Waals surface area contributed by atoms with E-state index >= 15 is 0 Å². The number of thiazole rings is 1. The molecular formula is C15H19N3O2S2. The van der Waals surface area contributed by atoms with Gasteiger partial charge in [0.15, 0.2) is 5.13 Å². The second-order valence-corrected chi connectivity index (χ2v) is 8.24. The van der Waals surface area contributed by atoms with Crippen molar-refractivity contribution in [2.75, 3.05) is 22.4 Å². The van der Waals surface area contributed by atoms with Crippen LogP contribution < -0.4 is 9.62 Å². The van der Waals surface area contributed by atoms with Crippen molar-refractivity contribution in [2.45, 2.75) is 26.3 Å². The van der Waals surface area contributed by atoms with Gasteiger partial charge in [0.2, 0.25) is 10.0 Å². The maximum atomic E-state index is 11.9. The Bertz CT molecular complexity index is 799. The Morgan fingerprint density at radius 3 is 2.91 bits per heavy atom. The molecule has 0 fully saturated rings. The number of nitrogens with one attached hydrogen (secondary N) is 1. The van der Waals surface area contributed by atoms with Crippen LogP contribution in [-0.2, 0) is 16.4 Å². The maximum Gasteiger partial charge on any atom is 0.232 e. The summed E-state index contributed by atoms with van der Waals surface area (Å²) in [4.78, 5) is 4.56. The molecule has 0 aliphatic carbocycles. The number of fused-ring (bicyclic) bond motifs is 1. The highest BCUT2D eigenvalue weighted by Gasteiger charge is 2.32. The molecule has 7 heteroatoms. The highest BCUT2D eigenvalue weighted by molar-refractivity contribution is 7.92. The molecule has 0 amide bonds. The molecular weight excluding hydrogens is 318 g/mol. The van der Waals surface area contributed by atoms with E-state index in [2.05, 4.69) is 16.4 Å². The molecule has 1 aliphatic rings. The average molecular weight is 337 g/mol. The molecule has 1 aromatic carbocycles. The van der Waals surface area contributed by atoms with Crippen molar-refractivity contribution < 1.29 is 8.42 Å². The van der Waals surface area contributed by atoms with Gasteiger partial charge in [-0.3, -0.25) is 4.31 Å². The van der Waals surface area contributed by atoms with Gasteiger partial charge in [0.25, 0.3) is 0 Å². The minimum absolute atomic E-state index is 0.0343. The van der Waals surface area contributed by atoms with Crippen LogP contribution in [0, 0.1) is 0 Å². The van der Waals surface area contributed by atoms with Crippen LogP contribution in [0.25, 0.3) is 11.3 Å². The first-order valence-electron chi connectivity index (χ1n) is 7.22. The highest BCUT2D eigenvalue weighted by Crippen LogP contribution is 2.37. The Balaban J connectivity index is 1.97. The summed E-state index contributed by atoms with van der Waals surface area (Å²) in [5.41, 5.74) is 3.81. The molecule has 0 radical (unpaired) electrons. The number of hydrogen-bond donors (Lipinski definition) is 1. The van der Waals surface area contributed by atoms with E-state index in [1.165, 1.54) is 10.6 Å². The van der Waals surface area contributed by atoms with Gasteiger partial charge >= 0.3 is 0 Å². The third kappa shape index (κ3) is 2.70. The minimum Gasteiger partial charge on any atom is -0.362 e. The third-order valence-corrected chi connectivity index (χ3v) is 5.79. The first kappa shape index (κ1) is 15.3.